The van der Waals surface area contributed by atoms with Gasteiger partial charge in [0.15, 0.2) is 11.5 Å². The average molecular weight is 280 g/mol. The molecule has 1 N–H and O–H groups in total. The van der Waals surface area contributed by atoms with Crippen molar-refractivity contribution in [3.63, 3.8) is 0 Å². The number of nitrogens with zero attached hydrogens (tertiary/aromatic N) is 1. The van der Waals surface area contributed by atoms with Crippen LogP contribution >= 0.6 is 0 Å². The Morgan fingerprint density at radius 3 is 2.62 bits per heavy atom. The summed E-state index contributed by atoms with van der Waals surface area (Å²) in [4.78, 5) is 8.07. The van der Waals surface area contributed by atoms with Crippen molar-refractivity contribution in [1.82, 2.24) is 9.97 Å². The number of hydrogen-bond acceptors (Lipinski definition) is 3. The highest BCUT2D eigenvalue weighted by molar-refractivity contribution is 5.83. The van der Waals surface area contributed by atoms with Crippen molar-refractivity contribution in [2.75, 3.05) is 13.2 Å². The van der Waals surface area contributed by atoms with E-state index in [1.807, 2.05) is 24.3 Å². The number of aromatic nitrogens is 2. The van der Waals surface area contributed by atoms with Gasteiger partial charge in [-0.2, -0.15) is 0 Å². The Morgan fingerprint density at radius 1 is 1.05 bits per heavy atom. The molecule has 4 heteroatoms. The van der Waals surface area contributed by atoms with Crippen LogP contribution in [-0.4, -0.2) is 23.2 Å². The molecule has 0 radical (unpaired) electrons. The zero-order valence-corrected chi connectivity index (χ0v) is 11.8. The fourth-order valence-corrected chi connectivity index (χ4v) is 2.63. The van der Waals surface area contributed by atoms with E-state index in [1.165, 1.54) is 5.56 Å². The lowest BCUT2D eigenvalue weighted by molar-refractivity contribution is 0.297. The highest BCUT2D eigenvalue weighted by Crippen LogP contribution is 2.34. The van der Waals surface area contributed by atoms with E-state index in [4.69, 9.17) is 14.5 Å². The summed E-state index contributed by atoms with van der Waals surface area (Å²) in [6, 6.07) is 12.1. The molecule has 106 valence electrons. The van der Waals surface area contributed by atoms with Crippen LogP contribution < -0.4 is 9.47 Å². The van der Waals surface area contributed by atoms with Crippen molar-refractivity contribution in [3.8, 4) is 22.9 Å². The lowest BCUT2D eigenvalue weighted by Gasteiger charge is -2.05. The third kappa shape index (κ3) is 2.13. The monoisotopic (exact) mass is 280 g/mol. The number of benzene rings is 2. The second-order valence-corrected chi connectivity index (χ2v) is 5.27. The van der Waals surface area contributed by atoms with Gasteiger partial charge in [0.1, 0.15) is 5.82 Å². The van der Waals surface area contributed by atoms with Gasteiger partial charge in [-0.25, -0.2) is 4.98 Å². The first-order valence-electron chi connectivity index (χ1n) is 7.16. The number of aromatic amines is 1. The molecule has 0 aliphatic carbocycles. The molecule has 0 amide bonds. The standard InChI is InChI=1S/C17H16N2O2/c1-11-5-2-3-6-12(11)17-18-13-9-15-16(10-14(13)19-17)21-8-4-7-20-15/h2-3,5-6,9-10H,4,7-8H2,1H3,(H,18,19). The van der Waals surface area contributed by atoms with E-state index < -0.39 is 0 Å². The molecule has 2 aromatic carbocycles. The molecule has 1 aliphatic heterocycles. The molecule has 1 aromatic heterocycles. The molecule has 21 heavy (non-hydrogen) atoms. The van der Waals surface area contributed by atoms with Crippen molar-refractivity contribution in [3.05, 3.63) is 42.0 Å². The minimum absolute atomic E-state index is 0.688. The van der Waals surface area contributed by atoms with Gasteiger partial charge in [-0.1, -0.05) is 24.3 Å². The second-order valence-electron chi connectivity index (χ2n) is 5.27. The second kappa shape index (κ2) is 4.81. The van der Waals surface area contributed by atoms with E-state index in [0.717, 1.165) is 40.3 Å². The largest absolute Gasteiger partial charge is 0.489 e. The lowest BCUT2D eigenvalue weighted by atomic mass is 10.1. The van der Waals surface area contributed by atoms with Crippen LogP contribution in [0.5, 0.6) is 11.5 Å². The fourth-order valence-electron chi connectivity index (χ4n) is 2.63. The van der Waals surface area contributed by atoms with Gasteiger partial charge >= 0.3 is 0 Å². The first-order chi connectivity index (χ1) is 10.3. The summed E-state index contributed by atoms with van der Waals surface area (Å²) in [5.74, 6) is 2.45. The SMILES string of the molecule is Cc1ccccc1-c1nc2cc3c(cc2[nH]1)OCCCO3. The molecule has 0 saturated heterocycles. The molecular weight excluding hydrogens is 264 g/mol. The van der Waals surface area contributed by atoms with Gasteiger partial charge in [-0.3, -0.25) is 0 Å². The van der Waals surface area contributed by atoms with Crippen LogP contribution in [-0.2, 0) is 0 Å². The van der Waals surface area contributed by atoms with E-state index in [1.54, 1.807) is 0 Å². The van der Waals surface area contributed by atoms with E-state index in [-0.39, 0.29) is 0 Å². The molecule has 1 aliphatic rings. The van der Waals surface area contributed by atoms with Crippen LogP contribution in [0.4, 0.5) is 0 Å². The Labute approximate surface area is 122 Å². The lowest BCUT2D eigenvalue weighted by Crippen LogP contribution is -1.97. The molecule has 0 bridgehead atoms. The van der Waals surface area contributed by atoms with Gasteiger partial charge in [0.2, 0.25) is 0 Å². The quantitative estimate of drug-likeness (QED) is 0.739. The van der Waals surface area contributed by atoms with Crippen LogP contribution in [0.15, 0.2) is 36.4 Å². The highest BCUT2D eigenvalue weighted by atomic mass is 16.5. The normalized spacial score (nSPS) is 14.1. The topological polar surface area (TPSA) is 47.1 Å². The highest BCUT2D eigenvalue weighted by Gasteiger charge is 2.14. The van der Waals surface area contributed by atoms with Crippen LogP contribution in [0.1, 0.15) is 12.0 Å². The van der Waals surface area contributed by atoms with Gasteiger partial charge in [0, 0.05) is 24.1 Å². The number of H-pyrrole nitrogens is 1. The van der Waals surface area contributed by atoms with Crippen LogP contribution in [0.25, 0.3) is 22.4 Å². The van der Waals surface area contributed by atoms with Crippen LogP contribution in [0.3, 0.4) is 0 Å². The number of ether oxygens (including phenoxy) is 2. The molecule has 3 aromatic rings. The summed E-state index contributed by atoms with van der Waals surface area (Å²) in [6.45, 7) is 3.47. The number of fused-ring (bicyclic) bond motifs is 2. The van der Waals surface area contributed by atoms with Crippen molar-refractivity contribution < 1.29 is 9.47 Å². The minimum atomic E-state index is 0.688. The molecule has 0 unspecified atom stereocenters. The Balaban J connectivity index is 1.85. The summed E-state index contributed by atoms with van der Waals surface area (Å²) >= 11 is 0. The van der Waals surface area contributed by atoms with E-state index in [0.29, 0.717) is 13.2 Å². The van der Waals surface area contributed by atoms with Gasteiger partial charge in [0.25, 0.3) is 0 Å². The summed E-state index contributed by atoms with van der Waals surface area (Å²) in [6.07, 6.45) is 0.907. The molecule has 4 rings (SSSR count). The summed E-state index contributed by atoms with van der Waals surface area (Å²) in [5, 5.41) is 0. The summed E-state index contributed by atoms with van der Waals surface area (Å²) < 4.78 is 11.4. The third-order valence-corrected chi connectivity index (χ3v) is 3.75. The smallest absolute Gasteiger partial charge is 0.163 e. The van der Waals surface area contributed by atoms with Crippen molar-refractivity contribution in [1.29, 1.82) is 0 Å². The Kier molecular flexibility index (Phi) is 2.81. The van der Waals surface area contributed by atoms with Gasteiger partial charge < -0.3 is 14.5 Å². The van der Waals surface area contributed by atoms with Crippen molar-refractivity contribution >= 4 is 11.0 Å². The first kappa shape index (κ1) is 12.3. The van der Waals surface area contributed by atoms with E-state index in [2.05, 4.69) is 24.0 Å². The number of aryl methyl sites for hydroxylation is 1. The van der Waals surface area contributed by atoms with Crippen molar-refractivity contribution in [2.45, 2.75) is 13.3 Å². The molecule has 2 heterocycles. The molecule has 0 spiro atoms. The summed E-state index contributed by atoms with van der Waals surface area (Å²) in [5.41, 5.74) is 4.19. The molecule has 0 fully saturated rings. The molecule has 0 atom stereocenters. The van der Waals surface area contributed by atoms with Gasteiger partial charge in [0.05, 0.1) is 24.2 Å². The van der Waals surface area contributed by atoms with Crippen LogP contribution in [0, 0.1) is 6.92 Å². The third-order valence-electron chi connectivity index (χ3n) is 3.75. The van der Waals surface area contributed by atoms with E-state index >= 15 is 0 Å². The Bertz CT molecular complexity index is 765. The fraction of sp³-hybridized carbons (Fsp3) is 0.235. The zero-order valence-electron chi connectivity index (χ0n) is 11.8. The maximum absolute atomic E-state index is 5.72. The van der Waals surface area contributed by atoms with Crippen LogP contribution in [0.2, 0.25) is 0 Å². The maximum atomic E-state index is 5.72. The Morgan fingerprint density at radius 2 is 1.81 bits per heavy atom. The number of imidazole rings is 1. The first-order valence-corrected chi connectivity index (χ1v) is 7.16. The predicted octanol–water partition coefficient (Wildman–Crippen LogP) is 3.70. The minimum Gasteiger partial charge on any atom is -0.489 e. The van der Waals surface area contributed by atoms with Gasteiger partial charge in [-0.05, 0) is 12.5 Å². The molecular formula is C17H16N2O2. The molecule has 4 nitrogen and oxygen atoms in total. The van der Waals surface area contributed by atoms with Gasteiger partial charge in [-0.15, -0.1) is 0 Å². The number of hydrogen-bond donors (Lipinski definition) is 1. The zero-order chi connectivity index (χ0) is 14.2. The maximum Gasteiger partial charge on any atom is 0.163 e. The molecule has 0 saturated carbocycles. The Hall–Kier alpha value is -2.49. The predicted molar refractivity (Wildman–Crippen MR) is 81.9 cm³/mol. The van der Waals surface area contributed by atoms with Crippen molar-refractivity contribution in [2.24, 2.45) is 0 Å². The number of nitrogens with one attached hydrogen (secondary N) is 1. The average Bonchev–Trinajstić information content (AvgIpc) is 2.75. The number of rotatable bonds is 1. The van der Waals surface area contributed by atoms with E-state index in [9.17, 15) is 0 Å². The summed E-state index contributed by atoms with van der Waals surface area (Å²) in [7, 11) is 0.